The molecule has 3 aromatic rings. The lowest BCUT2D eigenvalue weighted by Gasteiger charge is -2.27. The van der Waals surface area contributed by atoms with E-state index in [0.29, 0.717) is 22.9 Å². The molecular weight excluding hydrogens is 427 g/mol. The van der Waals surface area contributed by atoms with Crippen LogP contribution in [-0.4, -0.2) is 17.4 Å². The van der Waals surface area contributed by atoms with Crippen molar-refractivity contribution in [3.63, 3.8) is 0 Å². The normalized spacial score (nSPS) is 15.2. The Labute approximate surface area is 190 Å². The first-order valence-electron chi connectivity index (χ1n) is 10.6. The van der Waals surface area contributed by atoms with Crippen LogP contribution in [-0.2, 0) is 6.18 Å². The van der Waals surface area contributed by atoms with Gasteiger partial charge in [-0.15, -0.1) is 0 Å². The lowest BCUT2D eigenvalue weighted by Crippen LogP contribution is -2.31. The number of amidine groups is 1. The number of alkyl halides is 3. The minimum absolute atomic E-state index is 0.0243. The molecule has 0 radical (unpaired) electrons. The standard InChI is InChI=1S/C25H24F3N5/c1-3-14-29-21-13-7-5-9-17(21)16(2)31-24-19-11-8-15-30-22(19)32-23(33-24)18-10-4-6-12-20(18)25(26,27)28/h4-13,15,23,29H,2-3,14H2,1H3,(H,30,32)(H,31,33). The summed E-state index contributed by atoms with van der Waals surface area (Å²) in [5.74, 6) is 0.844. The van der Waals surface area contributed by atoms with Crippen LogP contribution in [0.25, 0.3) is 5.70 Å². The highest BCUT2D eigenvalue weighted by Crippen LogP contribution is 2.37. The molecule has 4 rings (SSSR count). The molecule has 1 aliphatic heterocycles. The van der Waals surface area contributed by atoms with Gasteiger partial charge in [0.25, 0.3) is 0 Å². The summed E-state index contributed by atoms with van der Waals surface area (Å²) < 4.78 is 40.9. The number of aromatic nitrogens is 1. The molecule has 3 N–H and O–H groups in total. The number of benzene rings is 2. The number of nitrogens with one attached hydrogen (secondary N) is 3. The van der Waals surface area contributed by atoms with E-state index >= 15 is 0 Å². The number of aliphatic imine (C=N–C) groups is 1. The van der Waals surface area contributed by atoms with Crippen LogP contribution in [0, 0.1) is 0 Å². The van der Waals surface area contributed by atoms with E-state index in [1.807, 2.05) is 30.3 Å². The van der Waals surface area contributed by atoms with E-state index in [9.17, 15) is 13.2 Å². The van der Waals surface area contributed by atoms with Crippen molar-refractivity contribution in [3.05, 3.63) is 95.7 Å². The Morgan fingerprint density at radius 1 is 1.06 bits per heavy atom. The average Bonchev–Trinajstić information content (AvgIpc) is 2.82. The minimum atomic E-state index is -4.50. The van der Waals surface area contributed by atoms with Gasteiger partial charge in [-0.1, -0.05) is 49.9 Å². The highest BCUT2D eigenvalue weighted by molar-refractivity contribution is 6.08. The van der Waals surface area contributed by atoms with Gasteiger partial charge < -0.3 is 16.0 Å². The van der Waals surface area contributed by atoms with Crippen molar-refractivity contribution in [2.24, 2.45) is 4.99 Å². The van der Waals surface area contributed by atoms with Gasteiger partial charge in [0, 0.05) is 35.3 Å². The molecule has 1 unspecified atom stereocenters. The van der Waals surface area contributed by atoms with Crippen LogP contribution in [0.4, 0.5) is 24.7 Å². The van der Waals surface area contributed by atoms with E-state index in [1.54, 1.807) is 18.3 Å². The van der Waals surface area contributed by atoms with E-state index in [1.165, 1.54) is 12.1 Å². The molecule has 0 bridgehead atoms. The second-order valence-electron chi connectivity index (χ2n) is 7.59. The Kier molecular flexibility index (Phi) is 6.35. The summed E-state index contributed by atoms with van der Waals surface area (Å²) in [5.41, 5.74) is 2.28. The van der Waals surface area contributed by atoms with Gasteiger partial charge in [-0.3, -0.25) is 0 Å². The second kappa shape index (κ2) is 9.36. The fourth-order valence-electron chi connectivity index (χ4n) is 3.68. The Balaban J connectivity index is 1.71. The van der Waals surface area contributed by atoms with Crippen molar-refractivity contribution in [3.8, 4) is 0 Å². The maximum absolute atomic E-state index is 13.6. The molecule has 0 spiro atoms. The number of rotatable bonds is 6. The predicted octanol–water partition coefficient (Wildman–Crippen LogP) is 6.05. The molecule has 33 heavy (non-hydrogen) atoms. The smallest absolute Gasteiger partial charge is 0.385 e. The van der Waals surface area contributed by atoms with Crippen LogP contribution >= 0.6 is 0 Å². The van der Waals surface area contributed by atoms with E-state index < -0.39 is 17.9 Å². The number of anilines is 2. The molecule has 0 saturated carbocycles. The first-order valence-corrected chi connectivity index (χ1v) is 10.6. The second-order valence-corrected chi connectivity index (χ2v) is 7.59. The highest BCUT2D eigenvalue weighted by atomic mass is 19.4. The Morgan fingerprint density at radius 3 is 2.61 bits per heavy atom. The summed E-state index contributed by atoms with van der Waals surface area (Å²) in [6.45, 7) is 7.04. The molecule has 2 aromatic carbocycles. The maximum atomic E-state index is 13.6. The van der Waals surface area contributed by atoms with Crippen LogP contribution < -0.4 is 16.0 Å². The monoisotopic (exact) mass is 451 g/mol. The number of para-hydroxylation sites is 1. The van der Waals surface area contributed by atoms with Crippen molar-refractivity contribution in [2.75, 3.05) is 17.2 Å². The van der Waals surface area contributed by atoms with Crippen molar-refractivity contribution < 1.29 is 13.2 Å². The van der Waals surface area contributed by atoms with Gasteiger partial charge in [-0.05, 0) is 30.7 Å². The molecule has 1 aromatic heterocycles. The fourth-order valence-corrected chi connectivity index (χ4v) is 3.68. The highest BCUT2D eigenvalue weighted by Gasteiger charge is 2.36. The molecule has 1 aliphatic rings. The van der Waals surface area contributed by atoms with E-state index in [4.69, 9.17) is 0 Å². The molecule has 0 fully saturated rings. The minimum Gasteiger partial charge on any atom is -0.385 e. The SMILES string of the molecule is C=C(NC1=NC(c2ccccc2C(F)(F)F)Nc2ncccc21)c1ccccc1NCCC. The van der Waals surface area contributed by atoms with Crippen molar-refractivity contribution in [1.82, 2.24) is 10.3 Å². The van der Waals surface area contributed by atoms with Gasteiger partial charge in [-0.25, -0.2) is 9.98 Å². The van der Waals surface area contributed by atoms with E-state index in [-0.39, 0.29) is 5.56 Å². The number of hydrogen-bond acceptors (Lipinski definition) is 5. The zero-order chi connectivity index (χ0) is 23.4. The molecule has 2 heterocycles. The summed E-state index contributed by atoms with van der Waals surface area (Å²) in [4.78, 5) is 8.92. The van der Waals surface area contributed by atoms with Crippen molar-refractivity contribution in [2.45, 2.75) is 25.7 Å². The molecule has 5 nitrogen and oxygen atoms in total. The molecular formula is C25H24F3N5. The van der Waals surface area contributed by atoms with E-state index in [0.717, 1.165) is 30.3 Å². The Bertz CT molecular complexity index is 1190. The lowest BCUT2D eigenvalue weighted by molar-refractivity contribution is -0.138. The summed E-state index contributed by atoms with van der Waals surface area (Å²) in [6, 6.07) is 16.7. The molecule has 170 valence electrons. The van der Waals surface area contributed by atoms with Crippen LogP contribution in [0.15, 0.2) is 78.4 Å². The zero-order valence-electron chi connectivity index (χ0n) is 18.1. The number of fused-ring (bicyclic) bond motifs is 1. The number of halogens is 3. The van der Waals surface area contributed by atoms with Crippen LogP contribution in [0.5, 0.6) is 0 Å². The predicted molar refractivity (Wildman–Crippen MR) is 126 cm³/mol. The summed E-state index contributed by atoms with van der Waals surface area (Å²) in [6.07, 6.45) is -2.92. The molecule has 0 saturated heterocycles. The van der Waals surface area contributed by atoms with Gasteiger partial charge in [0.2, 0.25) is 0 Å². The van der Waals surface area contributed by atoms with Crippen molar-refractivity contribution >= 4 is 23.0 Å². The first-order chi connectivity index (χ1) is 15.9. The Hall–Kier alpha value is -3.81. The first kappa shape index (κ1) is 22.4. The van der Waals surface area contributed by atoms with Gasteiger partial charge >= 0.3 is 6.18 Å². The maximum Gasteiger partial charge on any atom is 0.416 e. The van der Waals surface area contributed by atoms with Crippen LogP contribution in [0.2, 0.25) is 0 Å². The quantitative estimate of drug-likeness (QED) is 0.427. The lowest BCUT2D eigenvalue weighted by atomic mass is 10.0. The van der Waals surface area contributed by atoms with Gasteiger partial charge in [0.05, 0.1) is 11.1 Å². The van der Waals surface area contributed by atoms with Crippen LogP contribution in [0.3, 0.4) is 0 Å². The molecule has 1 atom stereocenters. The average molecular weight is 451 g/mol. The van der Waals surface area contributed by atoms with E-state index in [2.05, 4.69) is 39.4 Å². The molecule has 0 amide bonds. The third kappa shape index (κ3) is 4.84. The van der Waals surface area contributed by atoms with Gasteiger partial charge in [0.15, 0.2) is 0 Å². The van der Waals surface area contributed by atoms with Crippen molar-refractivity contribution in [1.29, 1.82) is 0 Å². The third-order valence-corrected chi connectivity index (χ3v) is 5.24. The third-order valence-electron chi connectivity index (χ3n) is 5.24. The van der Waals surface area contributed by atoms with Crippen LogP contribution in [0.1, 0.15) is 41.8 Å². The Morgan fingerprint density at radius 2 is 1.82 bits per heavy atom. The summed E-state index contributed by atoms with van der Waals surface area (Å²) >= 11 is 0. The van der Waals surface area contributed by atoms with Gasteiger partial charge in [-0.2, -0.15) is 13.2 Å². The number of pyridine rings is 1. The molecule has 8 heteroatoms. The largest absolute Gasteiger partial charge is 0.416 e. The topological polar surface area (TPSA) is 61.3 Å². The fraction of sp³-hybridized carbons (Fsp3) is 0.200. The number of nitrogens with zero attached hydrogens (tertiary/aromatic N) is 2. The summed E-state index contributed by atoms with van der Waals surface area (Å²) in [5, 5.41) is 9.62. The zero-order valence-corrected chi connectivity index (χ0v) is 18.1. The van der Waals surface area contributed by atoms with Gasteiger partial charge in [0.1, 0.15) is 17.8 Å². The summed E-state index contributed by atoms with van der Waals surface area (Å²) in [7, 11) is 0. The number of hydrogen-bond donors (Lipinski definition) is 3. The molecule has 0 aliphatic carbocycles.